The van der Waals surface area contributed by atoms with Crippen LogP contribution in [0.15, 0.2) is 24.3 Å². The molecule has 0 aliphatic carbocycles. The topological polar surface area (TPSA) is 66.8 Å². The average molecular weight is 291 g/mol. The van der Waals surface area contributed by atoms with E-state index in [1.165, 1.54) is 0 Å². The molecule has 114 valence electrons. The zero-order valence-electron chi connectivity index (χ0n) is 12.4. The summed E-state index contributed by atoms with van der Waals surface area (Å²) in [6.45, 7) is 2.76. The normalized spacial score (nSPS) is 22.4. The molecule has 21 heavy (non-hydrogen) atoms. The summed E-state index contributed by atoms with van der Waals surface area (Å²) in [5.74, 6) is -1.42. The minimum Gasteiger partial charge on any atom is -0.481 e. The molecule has 1 heterocycles. The molecule has 1 aliphatic rings. The first-order chi connectivity index (χ1) is 10.1. The molecule has 1 aromatic rings. The first kappa shape index (κ1) is 15.5. The number of carboxylic acid groups (broad SMARTS) is 1. The van der Waals surface area contributed by atoms with Gasteiger partial charge in [-0.1, -0.05) is 24.3 Å². The summed E-state index contributed by atoms with van der Waals surface area (Å²) in [6.07, 6.45) is 0.666. The molecule has 0 unspecified atom stereocenters. The van der Waals surface area contributed by atoms with Crippen molar-refractivity contribution in [2.45, 2.75) is 25.8 Å². The van der Waals surface area contributed by atoms with Crippen molar-refractivity contribution < 1.29 is 19.4 Å². The largest absolute Gasteiger partial charge is 0.481 e. The predicted octanol–water partition coefficient (Wildman–Crippen LogP) is 2.01. The number of aryl methyl sites for hydroxylation is 1. The van der Waals surface area contributed by atoms with Crippen molar-refractivity contribution in [2.24, 2.45) is 5.92 Å². The van der Waals surface area contributed by atoms with Crippen LogP contribution < -0.4 is 0 Å². The number of methoxy groups -OCH3 is 1. The Hall–Kier alpha value is -1.88. The number of nitrogens with zero attached hydrogens (tertiary/aromatic N) is 1. The molecule has 2 rings (SSSR count). The fourth-order valence-corrected chi connectivity index (χ4v) is 2.97. The van der Waals surface area contributed by atoms with Gasteiger partial charge < -0.3 is 14.7 Å². The van der Waals surface area contributed by atoms with Gasteiger partial charge in [-0.15, -0.1) is 0 Å². The van der Waals surface area contributed by atoms with E-state index in [0.29, 0.717) is 19.6 Å². The van der Waals surface area contributed by atoms with Crippen LogP contribution in [0.4, 0.5) is 0 Å². The van der Waals surface area contributed by atoms with Gasteiger partial charge in [-0.3, -0.25) is 9.59 Å². The second kappa shape index (κ2) is 6.72. The number of piperidine rings is 1. The maximum absolute atomic E-state index is 12.2. The van der Waals surface area contributed by atoms with Crippen molar-refractivity contribution in [3.63, 3.8) is 0 Å². The lowest BCUT2D eigenvalue weighted by molar-refractivity contribution is -0.152. The fraction of sp³-hybridized carbons (Fsp3) is 0.500. The van der Waals surface area contributed by atoms with Crippen LogP contribution in [0, 0.1) is 12.8 Å². The van der Waals surface area contributed by atoms with Crippen molar-refractivity contribution >= 4 is 11.9 Å². The van der Waals surface area contributed by atoms with Gasteiger partial charge in [0.2, 0.25) is 5.91 Å². The van der Waals surface area contributed by atoms with Crippen LogP contribution >= 0.6 is 0 Å². The highest BCUT2D eigenvalue weighted by molar-refractivity contribution is 5.82. The van der Waals surface area contributed by atoms with E-state index in [1.807, 2.05) is 31.2 Å². The minimum atomic E-state index is -0.849. The zero-order valence-corrected chi connectivity index (χ0v) is 12.4. The lowest BCUT2D eigenvalue weighted by Gasteiger charge is -2.40. The van der Waals surface area contributed by atoms with Gasteiger partial charge in [-0.05, 0) is 24.5 Å². The van der Waals surface area contributed by atoms with Crippen molar-refractivity contribution in [2.75, 3.05) is 20.3 Å². The van der Waals surface area contributed by atoms with Crippen molar-refractivity contribution in [1.82, 2.24) is 4.90 Å². The summed E-state index contributed by atoms with van der Waals surface area (Å²) in [6, 6.07) is 7.24. The van der Waals surface area contributed by atoms with Crippen LogP contribution in [0.25, 0.3) is 0 Å². The van der Waals surface area contributed by atoms with Crippen molar-refractivity contribution in [3.8, 4) is 0 Å². The van der Waals surface area contributed by atoms with Gasteiger partial charge in [0.1, 0.15) is 0 Å². The van der Waals surface area contributed by atoms with Crippen LogP contribution in [0.1, 0.15) is 30.0 Å². The zero-order chi connectivity index (χ0) is 15.4. The number of hydrogen-bond donors (Lipinski definition) is 1. The minimum absolute atomic E-state index is 0.00203. The molecule has 0 spiro atoms. The van der Waals surface area contributed by atoms with E-state index in [2.05, 4.69) is 0 Å². The van der Waals surface area contributed by atoms with Gasteiger partial charge in [0.25, 0.3) is 0 Å². The molecule has 1 aromatic carbocycles. The quantitative estimate of drug-likeness (QED) is 0.901. The molecule has 1 fully saturated rings. The Morgan fingerprint density at radius 1 is 1.43 bits per heavy atom. The maximum atomic E-state index is 12.2. The molecule has 0 bridgehead atoms. The maximum Gasteiger partial charge on any atom is 0.308 e. The van der Waals surface area contributed by atoms with Gasteiger partial charge in [-0.2, -0.15) is 0 Å². The van der Waals surface area contributed by atoms with E-state index < -0.39 is 17.9 Å². The Kier molecular flexibility index (Phi) is 4.96. The number of aliphatic carboxylic acids is 1. The fourth-order valence-electron chi connectivity index (χ4n) is 2.97. The molecule has 0 aromatic heterocycles. The van der Waals surface area contributed by atoms with Gasteiger partial charge in [0, 0.05) is 20.1 Å². The second-order valence-corrected chi connectivity index (χ2v) is 5.36. The Morgan fingerprint density at radius 2 is 2.14 bits per heavy atom. The van der Waals surface area contributed by atoms with Gasteiger partial charge in [-0.25, -0.2) is 0 Å². The molecule has 2 atom stereocenters. The Morgan fingerprint density at radius 3 is 2.76 bits per heavy atom. The highest BCUT2D eigenvalue weighted by atomic mass is 16.5. The van der Waals surface area contributed by atoms with Crippen LogP contribution in [-0.4, -0.2) is 42.1 Å². The number of likely N-dealkylation sites (tertiary alicyclic amines) is 1. The highest BCUT2D eigenvalue weighted by Gasteiger charge is 2.40. The van der Waals surface area contributed by atoms with E-state index in [1.54, 1.807) is 12.0 Å². The standard InChI is InChI=1S/C16H21NO4/c1-11-5-3-4-6-12(11)15-13(16(19)20)7-8-14(18)17(15)9-10-21-2/h3-6,13,15H,7-10H2,1-2H3,(H,19,20)/t13-,15-/m0/s1. The molecule has 1 saturated heterocycles. The summed E-state index contributed by atoms with van der Waals surface area (Å²) in [5, 5.41) is 9.52. The second-order valence-electron chi connectivity index (χ2n) is 5.36. The average Bonchev–Trinajstić information content (AvgIpc) is 2.46. The van der Waals surface area contributed by atoms with E-state index in [-0.39, 0.29) is 12.3 Å². The van der Waals surface area contributed by atoms with Gasteiger partial charge in [0.15, 0.2) is 0 Å². The lowest BCUT2D eigenvalue weighted by Crippen LogP contribution is -2.46. The molecule has 5 heteroatoms. The number of carbonyl (C=O) groups excluding carboxylic acids is 1. The van der Waals surface area contributed by atoms with Crippen LogP contribution in [0.2, 0.25) is 0 Å². The van der Waals surface area contributed by atoms with Gasteiger partial charge >= 0.3 is 5.97 Å². The third kappa shape index (κ3) is 3.24. The Bertz CT molecular complexity index is 529. The number of rotatable bonds is 5. The molecule has 1 amide bonds. The summed E-state index contributed by atoms with van der Waals surface area (Å²) >= 11 is 0. The van der Waals surface area contributed by atoms with Crippen LogP contribution in [0.3, 0.4) is 0 Å². The first-order valence-corrected chi connectivity index (χ1v) is 7.13. The summed E-state index contributed by atoms with van der Waals surface area (Å²) in [7, 11) is 1.58. The number of carboxylic acids is 1. The third-order valence-corrected chi connectivity index (χ3v) is 4.07. The smallest absolute Gasteiger partial charge is 0.308 e. The number of amides is 1. The van der Waals surface area contributed by atoms with Crippen LogP contribution in [-0.2, 0) is 14.3 Å². The predicted molar refractivity (Wildman–Crippen MR) is 77.9 cm³/mol. The Labute approximate surface area is 124 Å². The number of benzene rings is 1. The van der Waals surface area contributed by atoms with Crippen molar-refractivity contribution in [1.29, 1.82) is 0 Å². The van der Waals surface area contributed by atoms with E-state index in [4.69, 9.17) is 4.74 Å². The monoisotopic (exact) mass is 291 g/mol. The van der Waals surface area contributed by atoms with Crippen molar-refractivity contribution in [3.05, 3.63) is 35.4 Å². The summed E-state index contributed by atoms with van der Waals surface area (Å²) in [4.78, 5) is 25.5. The first-order valence-electron chi connectivity index (χ1n) is 7.13. The molecule has 1 N–H and O–H groups in total. The molecule has 5 nitrogen and oxygen atoms in total. The van der Waals surface area contributed by atoms with Gasteiger partial charge in [0.05, 0.1) is 18.6 Å². The third-order valence-electron chi connectivity index (χ3n) is 4.07. The van der Waals surface area contributed by atoms with E-state index in [9.17, 15) is 14.7 Å². The van der Waals surface area contributed by atoms with E-state index >= 15 is 0 Å². The molecular formula is C16H21NO4. The number of hydrogen-bond acceptors (Lipinski definition) is 3. The highest BCUT2D eigenvalue weighted by Crippen LogP contribution is 2.38. The molecule has 0 radical (unpaired) electrons. The number of carbonyl (C=O) groups is 2. The molecule has 0 saturated carbocycles. The SMILES string of the molecule is COCCN1C(=O)CC[C@H](C(=O)O)[C@@H]1c1ccccc1C. The number of ether oxygens (including phenoxy) is 1. The van der Waals surface area contributed by atoms with Crippen LogP contribution in [0.5, 0.6) is 0 Å². The summed E-state index contributed by atoms with van der Waals surface area (Å²) < 4.78 is 5.06. The van der Waals surface area contributed by atoms with E-state index in [0.717, 1.165) is 11.1 Å². The molecular weight excluding hydrogens is 270 g/mol. The Balaban J connectivity index is 2.41. The summed E-state index contributed by atoms with van der Waals surface area (Å²) in [5.41, 5.74) is 1.92. The lowest BCUT2D eigenvalue weighted by atomic mass is 9.82. The molecule has 1 aliphatic heterocycles.